The lowest BCUT2D eigenvalue weighted by molar-refractivity contribution is 0.0936. The molecule has 2 atom stereocenters. The molecule has 1 amide bonds. The number of hydrogen-bond acceptors (Lipinski definition) is 4. The van der Waals surface area contributed by atoms with E-state index in [1.54, 1.807) is 7.11 Å². The average molecular weight is 503 g/mol. The van der Waals surface area contributed by atoms with Crippen LogP contribution in [0, 0.1) is 0 Å². The minimum absolute atomic E-state index is 0.0234. The van der Waals surface area contributed by atoms with Crippen LogP contribution in [-0.4, -0.2) is 40.2 Å². The number of ether oxygens (including phenoxy) is 1. The van der Waals surface area contributed by atoms with Crippen LogP contribution in [0.25, 0.3) is 10.9 Å². The molecule has 5 rings (SSSR count). The van der Waals surface area contributed by atoms with Crippen molar-refractivity contribution in [2.75, 3.05) is 13.7 Å². The zero-order valence-corrected chi connectivity index (χ0v) is 21.2. The number of hydrogen-bond donors (Lipinski definition) is 3. The first-order chi connectivity index (χ1) is 17.6. The molecule has 3 aromatic carbocycles. The van der Waals surface area contributed by atoms with Crippen molar-refractivity contribution in [1.29, 1.82) is 0 Å². The van der Waals surface area contributed by atoms with E-state index in [0.29, 0.717) is 11.6 Å². The quantitative estimate of drug-likeness (QED) is 0.251. The first-order valence-corrected chi connectivity index (χ1v) is 13.5. The van der Waals surface area contributed by atoms with E-state index >= 15 is 0 Å². The van der Waals surface area contributed by atoms with Gasteiger partial charge < -0.3 is 15.4 Å². The average Bonchev–Trinajstić information content (AvgIpc) is 3.64. The van der Waals surface area contributed by atoms with Gasteiger partial charge in [-0.25, -0.2) is 0 Å². The van der Waals surface area contributed by atoms with Crippen molar-refractivity contribution in [1.82, 2.24) is 14.6 Å². The van der Waals surface area contributed by atoms with E-state index in [2.05, 4.69) is 22.8 Å². The summed E-state index contributed by atoms with van der Waals surface area (Å²) < 4.78 is 18.1. The predicted octanol–water partition coefficient (Wildman–Crippen LogP) is 5.05. The highest BCUT2D eigenvalue weighted by atomic mass is 32.2. The number of methoxy groups -OCH3 is 1. The zero-order valence-electron chi connectivity index (χ0n) is 20.4. The Kier molecular flexibility index (Phi) is 7.60. The molecule has 0 aliphatic heterocycles. The minimum Gasteiger partial charge on any atom is -0.497 e. The van der Waals surface area contributed by atoms with Gasteiger partial charge in [0.05, 0.1) is 13.3 Å². The first-order valence-electron chi connectivity index (χ1n) is 12.4. The summed E-state index contributed by atoms with van der Waals surface area (Å²) in [6.07, 6.45) is 5.99. The lowest BCUT2D eigenvalue weighted by Gasteiger charge is -2.20. The van der Waals surface area contributed by atoms with Crippen LogP contribution in [0.3, 0.4) is 0 Å². The highest BCUT2D eigenvalue weighted by Crippen LogP contribution is 2.26. The van der Waals surface area contributed by atoms with Crippen LogP contribution >= 0.6 is 0 Å². The van der Waals surface area contributed by atoms with Gasteiger partial charge >= 0.3 is 11.4 Å². The molecule has 0 spiro atoms. The van der Waals surface area contributed by atoms with Gasteiger partial charge in [0.2, 0.25) is 4.90 Å². The molecule has 1 aromatic heterocycles. The van der Waals surface area contributed by atoms with Gasteiger partial charge in [0.15, 0.2) is 0 Å². The van der Waals surface area contributed by atoms with Crippen LogP contribution in [0.1, 0.15) is 35.2 Å². The summed E-state index contributed by atoms with van der Waals surface area (Å²) in [5.74, 6) is 0.650. The Morgan fingerprint density at radius 2 is 1.83 bits per heavy atom. The van der Waals surface area contributed by atoms with E-state index in [0.717, 1.165) is 40.9 Å². The number of carbonyl (C=O) groups excluding carboxylic acids is 1. The van der Waals surface area contributed by atoms with E-state index in [-0.39, 0.29) is 11.9 Å². The summed E-state index contributed by atoms with van der Waals surface area (Å²) in [5, 5.41) is 7.68. The summed E-state index contributed by atoms with van der Waals surface area (Å²) in [6.45, 7) is 0.887. The molecule has 4 aromatic rings. The van der Waals surface area contributed by atoms with E-state index in [4.69, 9.17) is 4.74 Å². The lowest BCUT2D eigenvalue weighted by atomic mass is 10.0. The molecule has 1 heterocycles. The summed E-state index contributed by atoms with van der Waals surface area (Å²) in [6, 6.07) is 25.9. The van der Waals surface area contributed by atoms with E-state index in [1.807, 2.05) is 76.9 Å². The molecule has 7 heteroatoms. The summed E-state index contributed by atoms with van der Waals surface area (Å²) in [5.41, 5.74) is 2.65. The van der Waals surface area contributed by atoms with Crippen molar-refractivity contribution in [3.05, 3.63) is 96.2 Å². The van der Waals surface area contributed by atoms with Crippen molar-refractivity contribution in [2.24, 2.45) is 0 Å². The fourth-order valence-electron chi connectivity index (χ4n) is 4.44. The molecule has 1 aliphatic carbocycles. The number of nitrogens with one attached hydrogen (secondary N) is 2. The molecule has 36 heavy (non-hydrogen) atoms. The van der Waals surface area contributed by atoms with Gasteiger partial charge in [-0.05, 0) is 68.1 Å². The molecule has 1 saturated carbocycles. The molecule has 1 unspecified atom stereocenters. The van der Waals surface area contributed by atoms with Crippen molar-refractivity contribution in [3.8, 4) is 5.75 Å². The Labute approximate surface area is 215 Å². The maximum atomic E-state index is 13.5. The van der Waals surface area contributed by atoms with Crippen LogP contribution in [0.15, 0.2) is 90.0 Å². The maximum Gasteiger partial charge on any atom is 0.310 e. The molecule has 0 radical (unpaired) electrons. The topological polar surface area (TPSA) is 75.5 Å². The van der Waals surface area contributed by atoms with E-state index in [1.165, 1.54) is 18.4 Å². The highest BCUT2D eigenvalue weighted by Gasteiger charge is 2.27. The van der Waals surface area contributed by atoms with Crippen molar-refractivity contribution >= 4 is 28.2 Å². The first kappa shape index (κ1) is 24.4. The Morgan fingerprint density at radius 1 is 1.06 bits per heavy atom. The number of aromatic nitrogens is 1. The fourth-order valence-corrected chi connectivity index (χ4v) is 5.57. The van der Waals surface area contributed by atoms with Gasteiger partial charge in [-0.15, -0.1) is 3.97 Å². The molecule has 3 N–H and O–H groups in total. The summed E-state index contributed by atoms with van der Waals surface area (Å²) in [7, 11) is 1.62. The van der Waals surface area contributed by atoms with Crippen molar-refractivity contribution < 1.29 is 14.1 Å². The molecule has 1 fully saturated rings. The fraction of sp³-hybridized carbons (Fsp3) is 0.276. The predicted molar refractivity (Wildman–Crippen MR) is 146 cm³/mol. The second kappa shape index (κ2) is 11.2. The number of fused-ring (bicyclic) bond motifs is 1. The number of benzene rings is 3. The Hall–Kier alpha value is -3.26. The third-order valence-corrected chi connectivity index (χ3v) is 7.95. The molecular weight excluding hydrogens is 470 g/mol. The van der Waals surface area contributed by atoms with Crippen LogP contribution < -0.4 is 15.4 Å². The second-order valence-electron chi connectivity index (χ2n) is 9.20. The molecule has 186 valence electrons. The number of rotatable bonds is 11. The van der Waals surface area contributed by atoms with Crippen LogP contribution in [0.2, 0.25) is 0 Å². The Bertz CT molecular complexity index is 1300. The summed E-state index contributed by atoms with van der Waals surface area (Å²) >= 11 is -1.19. The van der Waals surface area contributed by atoms with Gasteiger partial charge in [0.1, 0.15) is 11.3 Å². The number of carbonyl (C=O) groups is 1. The van der Waals surface area contributed by atoms with Gasteiger partial charge in [0.25, 0.3) is 5.91 Å². The van der Waals surface area contributed by atoms with Gasteiger partial charge in [0, 0.05) is 35.2 Å². The highest BCUT2D eigenvalue weighted by molar-refractivity contribution is 7.90. The Morgan fingerprint density at radius 3 is 2.56 bits per heavy atom. The molecule has 0 bridgehead atoms. The van der Waals surface area contributed by atoms with Crippen molar-refractivity contribution in [3.63, 3.8) is 0 Å². The van der Waals surface area contributed by atoms with E-state index < -0.39 is 11.4 Å². The third-order valence-electron chi connectivity index (χ3n) is 6.56. The molecular formula is C29H32N3O3S+. The van der Waals surface area contributed by atoms with E-state index in [9.17, 15) is 9.35 Å². The third kappa shape index (κ3) is 5.75. The molecule has 6 nitrogen and oxygen atoms in total. The van der Waals surface area contributed by atoms with Crippen LogP contribution in [0.5, 0.6) is 5.75 Å². The molecule has 1 aliphatic rings. The molecule has 0 saturated heterocycles. The lowest BCUT2D eigenvalue weighted by Crippen LogP contribution is -2.39. The normalized spacial score (nSPS) is 14.9. The largest absolute Gasteiger partial charge is 0.497 e. The SMILES string of the molecule is COc1ccc([S+](O)n2ccc3c(C(=O)N[C@H](CCNC4CC4)Cc4ccccc4)cccc32)cc1. The van der Waals surface area contributed by atoms with Crippen molar-refractivity contribution in [2.45, 2.75) is 42.7 Å². The number of amides is 1. The zero-order chi connectivity index (χ0) is 24.9. The standard InChI is InChI=1S/C29H31N3O3S/c1-35-24-12-14-25(15-13-24)36(34)32-19-17-26-27(8-5-9-28(26)32)29(33)31-23(16-18-30-22-10-11-22)20-21-6-3-2-4-7-21/h2-9,12-15,17,19,22-23,30,34H,10-11,16,18,20H2,1H3/p+1/t23-,36?/m1/s1. The second-order valence-corrected chi connectivity index (χ2v) is 10.6. The van der Waals surface area contributed by atoms with Gasteiger partial charge in [-0.1, -0.05) is 36.4 Å². The van der Waals surface area contributed by atoms with Gasteiger partial charge in [-0.2, -0.15) is 4.55 Å². The van der Waals surface area contributed by atoms with Crippen LogP contribution in [0.4, 0.5) is 0 Å². The maximum absolute atomic E-state index is 13.5. The minimum atomic E-state index is -1.19. The smallest absolute Gasteiger partial charge is 0.310 e. The van der Waals surface area contributed by atoms with Crippen LogP contribution in [-0.2, 0) is 17.8 Å². The monoisotopic (exact) mass is 502 g/mol. The van der Waals surface area contributed by atoms with Gasteiger partial charge in [-0.3, -0.25) is 4.79 Å². The summed E-state index contributed by atoms with van der Waals surface area (Å²) in [4.78, 5) is 14.2. The Balaban J connectivity index is 1.35. The number of nitrogens with zero attached hydrogens (tertiary/aromatic N) is 1.